The summed E-state index contributed by atoms with van der Waals surface area (Å²) in [5, 5.41) is 7.68. The molecule has 0 aliphatic rings. The largest absolute Gasteiger partial charge is 0.350 e. The first-order valence-electron chi connectivity index (χ1n) is 6.55. The molecule has 1 rings (SSSR count). The molecule has 0 unspecified atom stereocenters. The van der Waals surface area contributed by atoms with E-state index in [-0.39, 0.29) is 30.4 Å². The van der Waals surface area contributed by atoms with Crippen molar-refractivity contribution < 1.29 is 9.59 Å². The maximum Gasteiger partial charge on any atom is 0.234 e. The quantitative estimate of drug-likeness (QED) is 0.830. The highest BCUT2D eigenvalue weighted by Gasteiger charge is 2.16. The molecule has 0 aromatic carbocycles. The van der Waals surface area contributed by atoms with Gasteiger partial charge in [0.1, 0.15) is 0 Å². The molecule has 1 heterocycles. The van der Waals surface area contributed by atoms with E-state index in [0.717, 1.165) is 4.88 Å². The number of hydrogen-bond acceptors (Lipinski definition) is 4. The summed E-state index contributed by atoms with van der Waals surface area (Å²) in [7, 11) is 1.76. The Hall–Kier alpha value is -1.40. The van der Waals surface area contributed by atoms with Gasteiger partial charge in [0.05, 0.1) is 19.6 Å². The Morgan fingerprint density at radius 1 is 1.25 bits per heavy atom. The molecule has 0 bridgehead atoms. The molecule has 1 aromatic heterocycles. The first-order valence-corrected chi connectivity index (χ1v) is 7.43. The van der Waals surface area contributed by atoms with Crippen LogP contribution in [-0.4, -0.2) is 42.4 Å². The lowest BCUT2D eigenvalue weighted by Crippen LogP contribution is -2.46. The molecule has 0 radical (unpaired) electrons. The van der Waals surface area contributed by atoms with Crippen LogP contribution in [0.25, 0.3) is 0 Å². The summed E-state index contributed by atoms with van der Waals surface area (Å²) in [6, 6.07) is 3.93. The molecule has 0 spiro atoms. The second-order valence-corrected chi connectivity index (χ2v) is 6.86. The lowest BCUT2D eigenvalue weighted by atomic mass is 10.1. The molecule has 112 valence electrons. The molecule has 0 atom stereocenters. The predicted octanol–water partition coefficient (Wildman–Crippen LogP) is 1.21. The third-order valence-corrected chi connectivity index (χ3v) is 3.26. The van der Waals surface area contributed by atoms with E-state index in [9.17, 15) is 9.59 Å². The van der Waals surface area contributed by atoms with Gasteiger partial charge in [0.15, 0.2) is 0 Å². The average molecular weight is 297 g/mol. The maximum atomic E-state index is 11.7. The molecule has 0 aliphatic heterocycles. The van der Waals surface area contributed by atoms with Gasteiger partial charge < -0.3 is 10.6 Å². The van der Waals surface area contributed by atoms with Crippen molar-refractivity contribution in [1.29, 1.82) is 0 Å². The molecule has 0 aliphatic carbocycles. The Labute approximate surface area is 124 Å². The van der Waals surface area contributed by atoms with Crippen molar-refractivity contribution in [2.45, 2.75) is 32.9 Å². The Morgan fingerprint density at radius 2 is 1.90 bits per heavy atom. The molecule has 2 amide bonds. The molecule has 0 saturated carbocycles. The molecule has 0 fully saturated rings. The Bertz CT molecular complexity index is 438. The Balaban J connectivity index is 2.25. The number of thiophene rings is 1. The number of hydrogen-bond donors (Lipinski definition) is 2. The van der Waals surface area contributed by atoms with Gasteiger partial charge in [-0.05, 0) is 39.3 Å². The van der Waals surface area contributed by atoms with Gasteiger partial charge in [0.25, 0.3) is 0 Å². The number of rotatable bonds is 6. The number of carbonyl (C=O) groups excluding carboxylic acids is 2. The van der Waals surface area contributed by atoms with Crippen molar-refractivity contribution >= 4 is 23.2 Å². The summed E-state index contributed by atoms with van der Waals surface area (Å²) in [4.78, 5) is 26.3. The van der Waals surface area contributed by atoms with Gasteiger partial charge in [0, 0.05) is 10.4 Å². The van der Waals surface area contributed by atoms with E-state index >= 15 is 0 Å². The highest BCUT2D eigenvalue weighted by Crippen LogP contribution is 2.07. The van der Waals surface area contributed by atoms with Crippen molar-refractivity contribution in [3.8, 4) is 0 Å². The number of nitrogens with zero attached hydrogens (tertiary/aromatic N) is 1. The number of carbonyl (C=O) groups is 2. The van der Waals surface area contributed by atoms with Crippen LogP contribution in [0.5, 0.6) is 0 Å². The van der Waals surface area contributed by atoms with Gasteiger partial charge >= 0.3 is 0 Å². The summed E-state index contributed by atoms with van der Waals surface area (Å²) < 4.78 is 0. The van der Waals surface area contributed by atoms with E-state index in [4.69, 9.17) is 0 Å². The van der Waals surface area contributed by atoms with Gasteiger partial charge in [-0.25, -0.2) is 0 Å². The number of nitrogens with one attached hydrogen (secondary N) is 2. The smallest absolute Gasteiger partial charge is 0.234 e. The summed E-state index contributed by atoms with van der Waals surface area (Å²) >= 11 is 1.61. The minimum atomic E-state index is -0.251. The van der Waals surface area contributed by atoms with Crippen LogP contribution in [0.15, 0.2) is 17.5 Å². The van der Waals surface area contributed by atoms with Gasteiger partial charge in [-0.3, -0.25) is 14.5 Å². The molecular weight excluding hydrogens is 274 g/mol. The zero-order valence-electron chi connectivity index (χ0n) is 12.5. The minimum Gasteiger partial charge on any atom is -0.350 e. The minimum absolute atomic E-state index is 0.0777. The molecule has 20 heavy (non-hydrogen) atoms. The van der Waals surface area contributed by atoms with Gasteiger partial charge in [-0.15, -0.1) is 11.3 Å². The SMILES string of the molecule is CN(CC(=O)NCc1cccs1)CC(=O)NC(C)(C)C. The molecular formula is C14H23N3O2S. The highest BCUT2D eigenvalue weighted by molar-refractivity contribution is 7.09. The summed E-state index contributed by atoms with van der Waals surface area (Å²) in [6.45, 7) is 6.75. The van der Waals surface area contributed by atoms with Crippen LogP contribution in [0.4, 0.5) is 0 Å². The fraction of sp³-hybridized carbons (Fsp3) is 0.571. The van der Waals surface area contributed by atoms with Crippen LogP contribution in [0.3, 0.4) is 0 Å². The third-order valence-electron chi connectivity index (χ3n) is 2.38. The second-order valence-electron chi connectivity index (χ2n) is 5.83. The van der Waals surface area contributed by atoms with Crippen molar-refractivity contribution in [1.82, 2.24) is 15.5 Å². The van der Waals surface area contributed by atoms with E-state index in [1.165, 1.54) is 0 Å². The van der Waals surface area contributed by atoms with Crippen molar-refractivity contribution in [2.75, 3.05) is 20.1 Å². The fourth-order valence-electron chi connectivity index (χ4n) is 1.66. The monoisotopic (exact) mass is 297 g/mol. The van der Waals surface area contributed by atoms with Gasteiger partial charge in [-0.1, -0.05) is 6.07 Å². The van der Waals surface area contributed by atoms with E-state index in [1.807, 2.05) is 38.3 Å². The van der Waals surface area contributed by atoms with E-state index < -0.39 is 0 Å². The lowest BCUT2D eigenvalue weighted by Gasteiger charge is -2.23. The lowest BCUT2D eigenvalue weighted by molar-refractivity contribution is -0.125. The molecule has 5 nitrogen and oxygen atoms in total. The standard InChI is InChI=1S/C14H23N3O2S/c1-14(2,3)16-13(19)10-17(4)9-12(18)15-8-11-6-5-7-20-11/h5-7H,8-10H2,1-4H3,(H,15,18)(H,16,19). The molecule has 6 heteroatoms. The summed E-state index contributed by atoms with van der Waals surface area (Å²) in [6.07, 6.45) is 0. The zero-order valence-corrected chi connectivity index (χ0v) is 13.3. The van der Waals surface area contributed by atoms with Crippen molar-refractivity contribution in [3.63, 3.8) is 0 Å². The van der Waals surface area contributed by atoms with Crippen LogP contribution in [0.2, 0.25) is 0 Å². The predicted molar refractivity (Wildman–Crippen MR) is 81.6 cm³/mol. The highest BCUT2D eigenvalue weighted by atomic mass is 32.1. The first kappa shape index (κ1) is 16.7. The van der Waals surface area contributed by atoms with Crippen LogP contribution in [0, 0.1) is 0 Å². The van der Waals surface area contributed by atoms with Crippen LogP contribution in [0.1, 0.15) is 25.6 Å². The molecule has 1 aromatic rings. The van der Waals surface area contributed by atoms with Crippen LogP contribution < -0.4 is 10.6 Å². The van der Waals surface area contributed by atoms with Crippen LogP contribution in [-0.2, 0) is 16.1 Å². The first-order chi connectivity index (χ1) is 9.26. The topological polar surface area (TPSA) is 61.4 Å². The summed E-state index contributed by atoms with van der Waals surface area (Å²) in [5.74, 6) is -0.157. The van der Waals surface area contributed by atoms with E-state index in [2.05, 4.69) is 10.6 Å². The Kier molecular flexibility index (Phi) is 6.16. The van der Waals surface area contributed by atoms with Crippen LogP contribution >= 0.6 is 11.3 Å². The molecule has 0 saturated heterocycles. The number of likely N-dealkylation sites (N-methyl/N-ethyl adjacent to an activating group) is 1. The van der Waals surface area contributed by atoms with Gasteiger partial charge in [-0.2, -0.15) is 0 Å². The van der Waals surface area contributed by atoms with E-state index in [0.29, 0.717) is 6.54 Å². The number of amides is 2. The fourth-order valence-corrected chi connectivity index (χ4v) is 2.30. The average Bonchev–Trinajstić information content (AvgIpc) is 2.75. The maximum absolute atomic E-state index is 11.7. The molecule has 2 N–H and O–H groups in total. The normalized spacial score (nSPS) is 11.4. The van der Waals surface area contributed by atoms with E-state index in [1.54, 1.807) is 23.3 Å². The Morgan fingerprint density at radius 3 is 2.45 bits per heavy atom. The van der Waals surface area contributed by atoms with Crippen molar-refractivity contribution in [2.24, 2.45) is 0 Å². The van der Waals surface area contributed by atoms with Gasteiger partial charge in [0.2, 0.25) is 11.8 Å². The van der Waals surface area contributed by atoms with Crippen molar-refractivity contribution in [3.05, 3.63) is 22.4 Å². The second kappa shape index (κ2) is 7.40. The zero-order chi connectivity index (χ0) is 15.2. The third kappa shape index (κ3) is 7.25. The summed E-state index contributed by atoms with van der Waals surface area (Å²) in [5.41, 5.74) is -0.251.